The van der Waals surface area contributed by atoms with Crippen LogP contribution in [-0.4, -0.2) is 28.9 Å². The van der Waals surface area contributed by atoms with Crippen LogP contribution in [0.15, 0.2) is 72.0 Å². The van der Waals surface area contributed by atoms with E-state index in [4.69, 9.17) is 9.47 Å². The highest BCUT2D eigenvalue weighted by Gasteiger charge is 2.18. The smallest absolute Gasteiger partial charge is 0.348 e. The molecule has 6 nitrogen and oxygen atoms in total. The van der Waals surface area contributed by atoms with E-state index in [-0.39, 0.29) is 18.0 Å². The molecule has 0 aliphatic heterocycles. The minimum atomic E-state index is -0.370. The fourth-order valence-corrected chi connectivity index (χ4v) is 4.33. The Morgan fingerprint density at radius 1 is 1.03 bits per heavy atom. The molecule has 3 aromatic carbocycles. The number of aromatic nitrogens is 2. The molecule has 180 valence electrons. The standard InChI is InChI=1S/C29H30N2O4/c1-6-7-22-24(32)14-13-23-27(22)28(21-11-9-20(10-12-21)18(2)3)30-29(33)31(23)17-19-8-15-25(34-4)26(16-19)35-5/h6,8-16,18,32H,1,7,17H2,2-5H3. The molecule has 0 aliphatic rings. The minimum Gasteiger partial charge on any atom is -0.508 e. The third kappa shape index (κ3) is 4.64. The zero-order chi connectivity index (χ0) is 25.1. The largest absolute Gasteiger partial charge is 0.508 e. The Morgan fingerprint density at radius 2 is 1.74 bits per heavy atom. The van der Waals surface area contributed by atoms with Crippen molar-refractivity contribution in [1.82, 2.24) is 9.55 Å². The topological polar surface area (TPSA) is 73.6 Å². The Morgan fingerprint density at radius 3 is 2.37 bits per heavy atom. The van der Waals surface area contributed by atoms with Crippen LogP contribution in [-0.2, 0) is 13.0 Å². The zero-order valence-corrected chi connectivity index (χ0v) is 20.5. The fraction of sp³-hybridized carbons (Fsp3) is 0.241. The second kappa shape index (κ2) is 10.1. The molecule has 4 aromatic rings. The minimum absolute atomic E-state index is 0.149. The second-order valence-electron chi connectivity index (χ2n) is 8.75. The van der Waals surface area contributed by atoms with Crippen molar-refractivity contribution in [3.05, 3.63) is 94.4 Å². The van der Waals surface area contributed by atoms with Gasteiger partial charge in [0.2, 0.25) is 0 Å². The molecule has 1 N–H and O–H groups in total. The number of aromatic hydroxyl groups is 1. The van der Waals surface area contributed by atoms with E-state index < -0.39 is 0 Å². The average Bonchev–Trinajstić information content (AvgIpc) is 2.87. The van der Waals surface area contributed by atoms with E-state index in [1.807, 2.05) is 30.3 Å². The lowest BCUT2D eigenvalue weighted by Gasteiger charge is -2.17. The van der Waals surface area contributed by atoms with Crippen molar-refractivity contribution >= 4 is 10.9 Å². The SMILES string of the molecule is C=CCc1c(O)ccc2c1c(-c1ccc(C(C)C)cc1)nc(=O)n2Cc1ccc(OC)c(OC)c1. The number of hydrogen-bond acceptors (Lipinski definition) is 5. The maximum absolute atomic E-state index is 13.4. The first-order valence-corrected chi connectivity index (χ1v) is 11.6. The van der Waals surface area contributed by atoms with Crippen LogP contribution < -0.4 is 15.2 Å². The van der Waals surface area contributed by atoms with Gasteiger partial charge in [0, 0.05) is 16.5 Å². The number of rotatable bonds is 8. The summed E-state index contributed by atoms with van der Waals surface area (Å²) in [5.41, 5.74) is 4.45. The Balaban J connectivity index is 1.95. The summed E-state index contributed by atoms with van der Waals surface area (Å²) in [5, 5.41) is 11.4. The van der Waals surface area contributed by atoms with Crippen molar-refractivity contribution < 1.29 is 14.6 Å². The third-order valence-corrected chi connectivity index (χ3v) is 6.22. The normalized spacial score (nSPS) is 11.1. The molecule has 0 aliphatic carbocycles. The molecule has 0 radical (unpaired) electrons. The van der Waals surface area contributed by atoms with Gasteiger partial charge >= 0.3 is 5.69 Å². The quantitative estimate of drug-likeness (QED) is 0.335. The van der Waals surface area contributed by atoms with E-state index in [0.29, 0.717) is 40.6 Å². The number of allylic oxidation sites excluding steroid dienone is 1. The van der Waals surface area contributed by atoms with Gasteiger partial charge in [-0.25, -0.2) is 4.79 Å². The number of fused-ring (bicyclic) bond motifs is 1. The summed E-state index contributed by atoms with van der Waals surface area (Å²) in [6.45, 7) is 8.41. The van der Waals surface area contributed by atoms with Gasteiger partial charge in [-0.15, -0.1) is 6.58 Å². The number of phenolic OH excluding ortho intramolecular Hbond substituents is 1. The predicted octanol–water partition coefficient (Wildman–Crippen LogP) is 5.69. The van der Waals surface area contributed by atoms with E-state index in [0.717, 1.165) is 16.5 Å². The molecule has 0 saturated heterocycles. The van der Waals surface area contributed by atoms with Gasteiger partial charge in [-0.3, -0.25) is 4.57 Å². The van der Waals surface area contributed by atoms with Crippen molar-refractivity contribution in [2.75, 3.05) is 14.2 Å². The van der Waals surface area contributed by atoms with Gasteiger partial charge in [0.05, 0.1) is 32.0 Å². The average molecular weight is 471 g/mol. The summed E-state index contributed by atoms with van der Waals surface area (Å²) in [4.78, 5) is 17.9. The maximum Gasteiger partial charge on any atom is 0.348 e. The molecule has 4 rings (SSSR count). The van der Waals surface area contributed by atoms with Gasteiger partial charge in [-0.1, -0.05) is 50.3 Å². The first kappa shape index (κ1) is 24.1. The molecular weight excluding hydrogens is 440 g/mol. The predicted molar refractivity (Wildman–Crippen MR) is 140 cm³/mol. The summed E-state index contributed by atoms with van der Waals surface area (Å²) in [6, 6.07) is 17.0. The van der Waals surface area contributed by atoms with Gasteiger partial charge in [-0.05, 0) is 47.7 Å². The summed E-state index contributed by atoms with van der Waals surface area (Å²) in [6.07, 6.45) is 2.18. The van der Waals surface area contributed by atoms with Crippen molar-refractivity contribution in [2.45, 2.75) is 32.7 Å². The van der Waals surface area contributed by atoms with Crippen LogP contribution in [0.3, 0.4) is 0 Å². The molecule has 0 fully saturated rings. The number of methoxy groups -OCH3 is 2. The van der Waals surface area contributed by atoms with E-state index in [1.165, 1.54) is 5.56 Å². The van der Waals surface area contributed by atoms with E-state index >= 15 is 0 Å². The summed E-state index contributed by atoms with van der Waals surface area (Å²) < 4.78 is 12.4. The molecule has 0 amide bonds. The van der Waals surface area contributed by atoms with Crippen molar-refractivity contribution in [3.8, 4) is 28.5 Å². The lowest BCUT2D eigenvalue weighted by molar-refractivity contribution is 0.354. The van der Waals surface area contributed by atoms with Crippen LogP contribution in [0.1, 0.15) is 36.5 Å². The van der Waals surface area contributed by atoms with Crippen molar-refractivity contribution in [2.24, 2.45) is 0 Å². The van der Waals surface area contributed by atoms with Gasteiger partial charge < -0.3 is 14.6 Å². The summed E-state index contributed by atoms with van der Waals surface area (Å²) in [5.74, 6) is 1.74. The Labute approximate surface area is 205 Å². The highest BCUT2D eigenvalue weighted by atomic mass is 16.5. The van der Waals surface area contributed by atoms with Gasteiger partial charge in [0.25, 0.3) is 0 Å². The van der Waals surface area contributed by atoms with Crippen LogP contribution in [0, 0.1) is 0 Å². The molecule has 0 bridgehead atoms. The molecule has 35 heavy (non-hydrogen) atoms. The lowest BCUT2D eigenvalue weighted by Crippen LogP contribution is -2.25. The Kier molecular flexibility index (Phi) is 6.92. The van der Waals surface area contributed by atoms with Crippen molar-refractivity contribution in [1.29, 1.82) is 0 Å². The van der Waals surface area contributed by atoms with E-state index in [9.17, 15) is 9.90 Å². The van der Waals surface area contributed by atoms with Gasteiger partial charge in [-0.2, -0.15) is 4.98 Å². The second-order valence-corrected chi connectivity index (χ2v) is 8.75. The summed E-state index contributed by atoms with van der Waals surface area (Å²) in [7, 11) is 3.16. The molecule has 1 aromatic heterocycles. The molecule has 0 spiro atoms. The number of ether oxygens (including phenoxy) is 2. The van der Waals surface area contributed by atoms with Crippen LogP contribution in [0.2, 0.25) is 0 Å². The first-order chi connectivity index (χ1) is 16.9. The maximum atomic E-state index is 13.4. The van der Waals surface area contributed by atoms with E-state index in [1.54, 1.807) is 37.0 Å². The van der Waals surface area contributed by atoms with Crippen LogP contribution in [0.25, 0.3) is 22.2 Å². The number of phenols is 1. The molecule has 0 unspecified atom stereocenters. The van der Waals surface area contributed by atoms with Gasteiger partial charge in [0.15, 0.2) is 11.5 Å². The fourth-order valence-electron chi connectivity index (χ4n) is 4.33. The van der Waals surface area contributed by atoms with Gasteiger partial charge in [0.1, 0.15) is 5.75 Å². The number of hydrogen-bond donors (Lipinski definition) is 1. The number of benzene rings is 3. The molecule has 6 heteroatoms. The monoisotopic (exact) mass is 470 g/mol. The van der Waals surface area contributed by atoms with E-state index in [2.05, 4.69) is 37.5 Å². The summed E-state index contributed by atoms with van der Waals surface area (Å²) >= 11 is 0. The third-order valence-electron chi connectivity index (χ3n) is 6.22. The Hall–Kier alpha value is -4.06. The number of nitrogens with zero attached hydrogens (tertiary/aromatic N) is 2. The molecular formula is C29H30N2O4. The Bertz CT molecular complexity index is 1440. The van der Waals surface area contributed by atoms with Crippen LogP contribution in [0.5, 0.6) is 17.2 Å². The molecule has 0 atom stereocenters. The first-order valence-electron chi connectivity index (χ1n) is 11.6. The molecule has 0 saturated carbocycles. The lowest BCUT2D eigenvalue weighted by atomic mass is 9.96. The zero-order valence-electron chi connectivity index (χ0n) is 20.5. The van der Waals surface area contributed by atoms with Crippen molar-refractivity contribution in [3.63, 3.8) is 0 Å². The highest BCUT2D eigenvalue weighted by Crippen LogP contribution is 2.35. The van der Waals surface area contributed by atoms with Crippen LogP contribution in [0.4, 0.5) is 0 Å². The molecule has 1 heterocycles. The van der Waals surface area contributed by atoms with Crippen LogP contribution >= 0.6 is 0 Å². The highest BCUT2D eigenvalue weighted by molar-refractivity contribution is 5.96.